The van der Waals surface area contributed by atoms with Gasteiger partial charge in [0.1, 0.15) is 6.04 Å². The molecule has 2 rings (SSSR count). The average Bonchev–Trinajstić information content (AvgIpc) is 3.33. The van der Waals surface area contributed by atoms with E-state index in [-0.39, 0.29) is 6.54 Å². The van der Waals surface area contributed by atoms with Crippen molar-refractivity contribution < 1.29 is 41.0 Å². The van der Waals surface area contributed by atoms with Gasteiger partial charge in [-0.25, -0.2) is 4.79 Å². The normalized spacial score (nSPS) is 15.8. The molecule has 1 amide bonds. The second kappa shape index (κ2) is 9.07. The van der Waals surface area contributed by atoms with Crippen LogP contribution in [0.1, 0.15) is 23.6 Å². The van der Waals surface area contributed by atoms with Crippen LogP contribution in [0.15, 0.2) is 32.9 Å². The molecule has 1 aliphatic rings. The molecular formula is C15H15BrF6N4O3. The van der Waals surface area contributed by atoms with E-state index < -0.39 is 42.4 Å². The molecule has 0 radical (unpaired) electrons. The number of hydrogen-bond acceptors (Lipinski definition) is 5. The van der Waals surface area contributed by atoms with Crippen LogP contribution in [-0.2, 0) is 9.59 Å². The summed E-state index contributed by atoms with van der Waals surface area (Å²) < 4.78 is 70.3. The Morgan fingerprint density at radius 2 is 1.72 bits per heavy atom. The summed E-state index contributed by atoms with van der Waals surface area (Å²) in [6, 6.07) is 4.35. The quantitative estimate of drug-likeness (QED) is 0.544. The maximum atomic E-state index is 12.6. The molecule has 0 saturated carbocycles. The lowest BCUT2D eigenvalue weighted by molar-refractivity contribution is -0.192. The molecule has 0 saturated heterocycles. The van der Waals surface area contributed by atoms with E-state index in [9.17, 15) is 31.1 Å². The number of nitrogens with two attached hydrogens (primary N) is 1. The lowest BCUT2D eigenvalue weighted by atomic mass is 10.0. The number of benzene rings is 1. The van der Waals surface area contributed by atoms with Gasteiger partial charge in [0.25, 0.3) is 5.66 Å². The zero-order valence-corrected chi connectivity index (χ0v) is 16.2. The minimum Gasteiger partial charge on any atom is -0.475 e. The number of alkyl halides is 6. The van der Waals surface area contributed by atoms with Gasteiger partial charge in [-0.15, -0.1) is 10.2 Å². The number of carboxylic acid groups (broad SMARTS) is 1. The molecule has 1 heterocycles. The molecule has 4 N–H and O–H groups in total. The molecule has 0 aromatic heterocycles. The Hall–Kier alpha value is -2.22. The molecule has 0 spiro atoms. The van der Waals surface area contributed by atoms with E-state index >= 15 is 0 Å². The molecular weight excluding hydrogens is 478 g/mol. The summed E-state index contributed by atoms with van der Waals surface area (Å²) in [4.78, 5) is 20.8. The first kappa shape index (κ1) is 24.8. The van der Waals surface area contributed by atoms with Crippen LogP contribution in [-0.4, -0.2) is 41.5 Å². The monoisotopic (exact) mass is 492 g/mol. The van der Waals surface area contributed by atoms with Gasteiger partial charge in [-0.2, -0.15) is 26.3 Å². The van der Waals surface area contributed by atoms with Crippen molar-refractivity contribution in [3.8, 4) is 0 Å². The smallest absolute Gasteiger partial charge is 0.475 e. The number of nitrogens with zero attached hydrogens (tertiary/aromatic N) is 2. The topological polar surface area (TPSA) is 117 Å². The number of carbonyl (C=O) groups excluding carboxylic acids is 1. The van der Waals surface area contributed by atoms with E-state index in [0.717, 1.165) is 10.0 Å². The third-order valence-electron chi connectivity index (χ3n) is 3.52. The minimum atomic E-state index is -5.08. The van der Waals surface area contributed by atoms with E-state index in [1.807, 2.05) is 13.0 Å². The van der Waals surface area contributed by atoms with Crippen LogP contribution >= 0.6 is 15.9 Å². The lowest BCUT2D eigenvalue weighted by Crippen LogP contribution is -2.39. The van der Waals surface area contributed by atoms with E-state index in [2.05, 4.69) is 31.5 Å². The van der Waals surface area contributed by atoms with Gasteiger partial charge in [0.15, 0.2) is 0 Å². The zero-order chi connectivity index (χ0) is 22.6. The van der Waals surface area contributed by atoms with Gasteiger partial charge >= 0.3 is 18.3 Å². The standard InChI is InChI=1S/C13H14BrF3N4O.C2HF3O2/c1-7-4-8(6-9(14)5-7)10(18)11(22)19-3-2-12(20-21-12)13(15,16)17;3-2(4,5)1(6)7/h4-6,10H,2-3,18H2,1H3,(H,19,22);(H,6,7). The van der Waals surface area contributed by atoms with Crippen molar-refractivity contribution >= 4 is 27.8 Å². The summed E-state index contributed by atoms with van der Waals surface area (Å²) in [6.45, 7) is 1.65. The highest BCUT2D eigenvalue weighted by atomic mass is 79.9. The Labute approximate surface area is 168 Å². The van der Waals surface area contributed by atoms with Crippen LogP contribution in [0.5, 0.6) is 0 Å². The largest absolute Gasteiger partial charge is 0.490 e. The highest BCUT2D eigenvalue weighted by Crippen LogP contribution is 2.46. The van der Waals surface area contributed by atoms with Crippen molar-refractivity contribution in [3.63, 3.8) is 0 Å². The van der Waals surface area contributed by atoms with Crippen LogP contribution in [0, 0.1) is 6.92 Å². The van der Waals surface area contributed by atoms with Crippen LogP contribution in [0.2, 0.25) is 0 Å². The van der Waals surface area contributed by atoms with Crippen LogP contribution in [0.25, 0.3) is 0 Å². The van der Waals surface area contributed by atoms with Gasteiger partial charge in [0, 0.05) is 17.4 Å². The predicted molar refractivity (Wildman–Crippen MR) is 90.8 cm³/mol. The van der Waals surface area contributed by atoms with E-state index in [4.69, 9.17) is 15.6 Å². The third-order valence-corrected chi connectivity index (χ3v) is 3.97. The van der Waals surface area contributed by atoms with Crippen LogP contribution in [0.3, 0.4) is 0 Å². The van der Waals surface area contributed by atoms with Gasteiger partial charge in [-0.1, -0.05) is 22.0 Å². The number of aryl methyl sites for hydroxylation is 1. The number of carboxylic acids is 1. The summed E-state index contributed by atoms with van der Waals surface area (Å²) in [5.74, 6) is -3.30. The molecule has 1 aromatic rings. The highest BCUT2D eigenvalue weighted by Gasteiger charge is 2.63. The van der Waals surface area contributed by atoms with Gasteiger partial charge in [0.05, 0.1) is 0 Å². The molecule has 162 valence electrons. The van der Waals surface area contributed by atoms with Gasteiger partial charge in [0.2, 0.25) is 5.91 Å². The van der Waals surface area contributed by atoms with Crippen molar-refractivity contribution in [2.75, 3.05) is 6.54 Å². The average molecular weight is 493 g/mol. The molecule has 1 aromatic carbocycles. The molecule has 1 aliphatic heterocycles. The molecule has 7 nitrogen and oxygen atoms in total. The maximum Gasteiger partial charge on any atom is 0.490 e. The molecule has 0 fully saturated rings. The number of halogens is 7. The first-order valence-electron chi connectivity index (χ1n) is 7.70. The predicted octanol–water partition coefficient (Wildman–Crippen LogP) is 3.62. The number of aliphatic carboxylic acids is 1. The van der Waals surface area contributed by atoms with E-state index in [1.54, 1.807) is 12.1 Å². The van der Waals surface area contributed by atoms with Crippen LogP contribution < -0.4 is 11.1 Å². The van der Waals surface area contributed by atoms with Gasteiger partial charge in [-0.3, -0.25) is 4.79 Å². The molecule has 0 aliphatic carbocycles. The molecule has 0 bridgehead atoms. The number of amides is 1. The summed E-state index contributed by atoms with van der Waals surface area (Å²) >= 11 is 3.30. The fourth-order valence-corrected chi connectivity index (χ4v) is 2.61. The fraction of sp³-hybridized carbons (Fsp3) is 0.467. The van der Waals surface area contributed by atoms with Crippen molar-refractivity contribution in [1.29, 1.82) is 0 Å². The molecule has 1 unspecified atom stereocenters. The Bertz CT molecular complexity index is 771. The van der Waals surface area contributed by atoms with Crippen LogP contribution in [0.4, 0.5) is 26.3 Å². The first-order chi connectivity index (χ1) is 13.1. The molecule has 14 heteroatoms. The van der Waals surface area contributed by atoms with Gasteiger partial charge < -0.3 is 16.2 Å². The number of nitrogens with one attached hydrogen (secondary N) is 1. The second-order valence-corrected chi connectivity index (χ2v) is 6.81. The Morgan fingerprint density at radius 3 is 2.10 bits per heavy atom. The Kier molecular flexibility index (Phi) is 7.76. The van der Waals surface area contributed by atoms with E-state index in [1.165, 1.54) is 0 Å². The maximum absolute atomic E-state index is 12.6. The summed E-state index contributed by atoms with van der Waals surface area (Å²) in [5, 5.41) is 15.6. The number of hydrogen-bond donors (Lipinski definition) is 3. The highest BCUT2D eigenvalue weighted by molar-refractivity contribution is 9.10. The van der Waals surface area contributed by atoms with Gasteiger partial charge in [-0.05, 0) is 30.2 Å². The van der Waals surface area contributed by atoms with Crippen molar-refractivity contribution in [1.82, 2.24) is 5.32 Å². The lowest BCUT2D eigenvalue weighted by Gasteiger charge is -2.16. The number of rotatable bonds is 5. The summed E-state index contributed by atoms with van der Waals surface area (Å²) in [6.07, 6.45) is -10.0. The Balaban J connectivity index is 0.000000516. The SMILES string of the molecule is Cc1cc(Br)cc(C(N)C(=O)NCCC2(C(F)(F)F)N=N2)c1.O=C(O)C(F)(F)F. The summed E-state index contributed by atoms with van der Waals surface area (Å²) in [5.41, 5.74) is 4.97. The number of carbonyl (C=O) groups is 2. The fourth-order valence-electron chi connectivity index (χ4n) is 1.98. The second-order valence-electron chi connectivity index (χ2n) is 5.90. The third kappa shape index (κ3) is 7.27. The molecule has 1 atom stereocenters. The van der Waals surface area contributed by atoms with Crippen molar-refractivity contribution in [3.05, 3.63) is 33.8 Å². The summed E-state index contributed by atoms with van der Waals surface area (Å²) in [7, 11) is 0. The minimum absolute atomic E-state index is 0.202. The Morgan fingerprint density at radius 1 is 1.21 bits per heavy atom. The molecule has 29 heavy (non-hydrogen) atoms. The van der Waals surface area contributed by atoms with E-state index in [0.29, 0.717) is 5.56 Å². The first-order valence-corrected chi connectivity index (χ1v) is 8.49. The van der Waals surface area contributed by atoms with Crippen molar-refractivity contribution in [2.24, 2.45) is 16.0 Å². The van der Waals surface area contributed by atoms with Crippen molar-refractivity contribution in [2.45, 2.75) is 37.4 Å². The zero-order valence-electron chi connectivity index (χ0n) is 14.6.